The first-order valence-electron chi connectivity index (χ1n) is 5.10. The molecule has 0 saturated heterocycles. The normalized spacial score (nSPS) is 17.6. The van der Waals surface area contributed by atoms with Gasteiger partial charge in [-0.05, 0) is 24.7 Å². The van der Waals surface area contributed by atoms with Crippen LogP contribution < -0.4 is 5.32 Å². The van der Waals surface area contributed by atoms with Crippen molar-refractivity contribution in [3.8, 4) is 5.75 Å². The molecule has 3 nitrogen and oxygen atoms in total. The van der Waals surface area contributed by atoms with Gasteiger partial charge >= 0.3 is 0 Å². The van der Waals surface area contributed by atoms with Gasteiger partial charge in [-0.25, -0.2) is 0 Å². The number of likely N-dealkylation sites (N-methyl/N-ethyl adjacent to an activating group) is 1. The molecule has 0 heterocycles. The summed E-state index contributed by atoms with van der Waals surface area (Å²) < 4.78 is 20.7. The summed E-state index contributed by atoms with van der Waals surface area (Å²) in [6.07, 6.45) is -0.897. The summed E-state index contributed by atoms with van der Waals surface area (Å²) in [6.45, 7) is -2.31. The summed E-state index contributed by atoms with van der Waals surface area (Å²) in [7, 11) is 0. The van der Waals surface area contributed by atoms with Crippen molar-refractivity contribution in [3.63, 3.8) is 0 Å². The molecule has 1 aromatic rings. The lowest BCUT2D eigenvalue weighted by Crippen LogP contribution is -2.16. The maximum Gasteiger partial charge on any atom is 0.115 e. The SMILES string of the molecule is [2H]C([2H])([2H])NCC(O)c1ccc(O)cc1. The molecular weight excluding hydrogens is 154 g/mol. The van der Waals surface area contributed by atoms with Crippen LogP contribution in [0.5, 0.6) is 5.75 Å². The van der Waals surface area contributed by atoms with Crippen molar-refractivity contribution in [2.75, 3.05) is 13.5 Å². The smallest absolute Gasteiger partial charge is 0.115 e. The number of phenolic OH excluding ortho intramolecular Hbond substituents is 1. The highest BCUT2D eigenvalue weighted by Gasteiger charge is 2.04. The number of benzene rings is 1. The Morgan fingerprint density at radius 2 is 2.17 bits per heavy atom. The number of aliphatic hydroxyl groups excluding tert-OH is 1. The zero-order valence-corrected chi connectivity index (χ0v) is 6.49. The monoisotopic (exact) mass is 170 g/mol. The van der Waals surface area contributed by atoms with Gasteiger partial charge in [-0.3, -0.25) is 0 Å². The Labute approximate surface area is 75.9 Å². The van der Waals surface area contributed by atoms with Crippen molar-refractivity contribution in [3.05, 3.63) is 29.8 Å². The average Bonchev–Trinajstić information content (AvgIpc) is 2.14. The van der Waals surface area contributed by atoms with Gasteiger partial charge in [0, 0.05) is 10.7 Å². The summed E-state index contributed by atoms with van der Waals surface area (Å²) in [6, 6.07) is 5.96. The second-order valence-electron chi connectivity index (χ2n) is 2.49. The van der Waals surface area contributed by atoms with Crippen molar-refractivity contribution >= 4 is 0 Å². The van der Waals surface area contributed by atoms with Crippen LogP contribution in [0.25, 0.3) is 0 Å². The maximum absolute atomic E-state index is 9.58. The predicted molar refractivity (Wildman–Crippen MR) is 47.0 cm³/mol. The fraction of sp³-hybridized carbons (Fsp3) is 0.333. The van der Waals surface area contributed by atoms with E-state index in [1.54, 1.807) is 12.1 Å². The topological polar surface area (TPSA) is 52.5 Å². The third-order valence-corrected chi connectivity index (χ3v) is 1.57. The number of hydrogen-bond donors (Lipinski definition) is 3. The molecule has 1 aromatic carbocycles. The number of rotatable bonds is 3. The molecule has 0 aliphatic heterocycles. The van der Waals surface area contributed by atoms with E-state index in [1.165, 1.54) is 12.1 Å². The fourth-order valence-corrected chi connectivity index (χ4v) is 0.911. The van der Waals surface area contributed by atoms with E-state index in [-0.39, 0.29) is 12.3 Å². The van der Waals surface area contributed by atoms with E-state index >= 15 is 0 Å². The first kappa shape index (κ1) is 5.56. The Bertz CT molecular complexity index is 310. The van der Waals surface area contributed by atoms with Crippen molar-refractivity contribution in [1.82, 2.24) is 5.32 Å². The number of nitrogens with one attached hydrogen (secondary N) is 1. The molecule has 0 spiro atoms. The van der Waals surface area contributed by atoms with Crippen LogP contribution in [0.4, 0.5) is 0 Å². The van der Waals surface area contributed by atoms with E-state index in [4.69, 9.17) is 9.22 Å². The van der Waals surface area contributed by atoms with Gasteiger partial charge in [0.1, 0.15) is 5.75 Å². The summed E-state index contributed by atoms with van der Waals surface area (Å²) in [5, 5.41) is 20.8. The standard InChI is InChI=1S/C9H13NO2/c1-10-6-9(12)7-2-4-8(11)5-3-7/h2-5,9-12H,6H2,1H3/i1D3. The molecule has 0 amide bonds. The minimum absolute atomic E-state index is 0.0543. The number of hydrogen-bond acceptors (Lipinski definition) is 3. The van der Waals surface area contributed by atoms with Gasteiger partial charge in [-0.15, -0.1) is 0 Å². The lowest BCUT2D eigenvalue weighted by molar-refractivity contribution is 0.177. The van der Waals surface area contributed by atoms with E-state index in [9.17, 15) is 5.11 Å². The van der Waals surface area contributed by atoms with Gasteiger partial charge in [0.15, 0.2) is 0 Å². The van der Waals surface area contributed by atoms with Crippen LogP contribution in [0.2, 0.25) is 0 Å². The van der Waals surface area contributed by atoms with Crippen LogP contribution in [0.3, 0.4) is 0 Å². The van der Waals surface area contributed by atoms with Gasteiger partial charge < -0.3 is 15.5 Å². The van der Waals surface area contributed by atoms with Crippen molar-refractivity contribution in [2.45, 2.75) is 6.10 Å². The Hall–Kier alpha value is -1.06. The summed E-state index contributed by atoms with van der Waals surface area (Å²) in [4.78, 5) is 0. The Morgan fingerprint density at radius 1 is 1.50 bits per heavy atom. The molecule has 0 bridgehead atoms. The first-order chi connectivity index (χ1) is 6.88. The predicted octanol–water partition coefficient (Wildman–Crippen LogP) is 0.645. The largest absolute Gasteiger partial charge is 0.508 e. The van der Waals surface area contributed by atoms with Gasteiger partial charge in [0.2, 0.25) is 0 Å². The van der Waals surface area contributed by atoms with Gasteiger partial charge in [-0.1, -0.05) is 12.1 Å². The Morgan fingerprint density at radius 3 is 2.75 bits per heavy atom. The maximum atomic E-state index is 9.58. The molecule has 0 aliphatic carbocycles. The first-order valence-corrected chi connectivity index (χ1v) is 3.60. The van der Waals surface area contributed by atoms with Crippen LogP contribution in [0.1, 0.15) is 15.8 Å². The zero-order valence-electron chi connectivity index (χ0n) is 9.49. The Kier molecular flexibility index (Phi) is 1.90. The van der Waals surface area contributed by atoms with Crippen molar-refractivity contribution in [2.24, 2.45) is 0 Å². The molecule has 12 heavy (non-hydrogen) atoms. The van der Waals surface area contributed by atoms with Gasteiger partial charge in [0.25, 0.3) is 0 Å². The quantitative estimate of drug-likeness (QED) is 0.624. The fourth-order valence-electron chi connectivity index (χ4n) is 0.911. The highest BCUT2D eigenvalue weighted by Crippen LogP contribution is 2.15. The van der Waals surface area contributed by atoms with Crippen LogP contribution in [0, 0.1) is 0 Å². The Balaban J connectivity index is 2.54. The molecular formula is C9H13NO2. The molecule has 1 atom stereocenters. The van der Waals surface area contributed by atoms with Crippen LogP contribution in [-0.2, 0) is 0 Å². The highest BCUT2D eigenvalue weighted by molar-refractivity contribution is 5.27. The molecule has 0 fully saturated rings. The number of aromatic hydroxyl groups is 1. The van der Waals surface area contributed by atoms with E-state index < -0.39 is 13.1 Å². The molecule has 0 aromatic heterocycles. The second-order valence-corrected chi connectivity index (χ2v) is 2.49. The average molecular weight is 170 g/mol. The van der Waals surface area contributed by atoms with Crippen LogP contribution >= 0.6 is 0 Å². The molecule has 66 valence electrons. The summed E-state index contributed by atoms with van der Waals surface area (Å²) in [5.41, 5.74) is 0.560. The molecule has 0 saturated carbocycles. The molecule has 3 N–H and O–H groups in total. The molecule has 1 unspecified atom stereocenters. The van der Waals surface area contributed by atoms with Crippen LogP contribution in [-0.4, -0.2) is 23.7 Å². The van der Waals surface area contributed by atoms with E-state index in [0.29, 0.717) is 5.56 Å². The number of phenols is 1. The molecule has 0 aliphatic rings. The van der Waals surface area contributed by atoms with E-state index in [2.05, 4.69) is 5.32 Å². The zero-order chi connectivity index (χ0) is 11.5. The lowest BCUT2D eigenvalue weighted by atomic mass is 10.1. The van der Waals surface area contributed by atoms with Gasteiger partial charge in [0.05, 0.1) is 6.10 Å². The minimum Gasteiger partial charge on any atom is -0.508 e. The molecule has 1 rings (SSSR count). The summed E-state index contributed by atoms with van der Waals surface area (Å²) >= 11 is 0. The van der Waals surface area contributed by atoms with E-state index in [0.717, 1.165) is 0 Å². The van der Waals surface area contributed by atoms with Crippen molar-refractivity contribution in [1.29, 1.82) is 0 Å². The van der Waals surface area contributed by atoms with Crippen molar-refractivity contribution < 1.29 is 14.3 Å². The van der Waals surface area contributed by atoms with Gasteiger partial charge in [-0.2, -0.15) is 0 Å². The van der Waals surface area contributed by atoms with Crippen LogP contribution in [0.15, 0.2) is 24.3 Å². The third kappa shape index (κ3) is 2.22. The summed E-state index contributed by atoms with van der Waals surface area (Å²) in [5.74, 6) is 0.106. The highest BCUT2D eigenvalue weighted by atomic mass is 16.3. The molecule has 0 radical (unpaired) electrons. The lowest BCUT2D eigenvalue weighted by Gasteiger charge is -2.09. The molecule has 3 heteroatoms. The van der Waals surface area contributed by atoms with E-state index in [1.807, 2.05) is 0 Å². The number of aliphatic hydroxyl groups is 1. The second kappa shape index (κ2) is 4.09. The third-order valence-electron chi connectivity index (χ3n) is 1.57. The minimum atomic E-state index is -2.25.